The molecular weight excluding hydrogens is 301 g/mol. The van der Waals surface area contributed by atoms with Crippen LogP contribution in [0.4, 0.5) is 0 Å². The third-order valence-corrected chi connectivity index (χ3v) is 4.47. The second-order valence-electron chi connectivity index (χ2n) is 4.81. The SMILES string of the molecule is C[C@H](NP(=O)(Cl)Oc1ccccc1)C(=O)OCC1CC1. The van der Waals surface area contributed by atoms with Crippen molar-refractivity contribution in [2.24, 2.45) is 5.92 Å². The molecule has 1 aromatic carbocycles. The van der Waals surface area contributed by atoms with E-state index >= 15 is 0 Å². The van der Waals surface area contributed by atoms with Crippen molar-refractivity contribution in [3.8, 4) is 5.75 Å². The van der Waals surface area contributed by atoms with Gasteiger partial charge >= 0.3 is 12.8 Å². The highest BCUT2D eigenvalue weighted by Crippen LogP contribution is 2.48. The van der Waals surface area contributed by atoms with E-state index in [0.29, 0.717) is 18.3 Å². The lowest BCUT2D eigenvalue weighted by Crippen LogP contribution is -2.33. The van der Waals surface area contributed by atoms with Gasteiger partial charge in [-0.3, -0.25) is 4.79 Å². The number of halogens is 1. The molecule has 110 valence electrons. The van der Waals surface area contributed by atoms with Gasteiger partial charge in [-0.1, -0.05) is 18.2 Å². The number of hydrogen-bond acceptors (Lipinski definition) is 4. The van der Waals surface area contributed by atoms with Crippen LogP contribution in [0.2, 0.25) is 0 Å². The molecule has 0 spiro atoms. The zero-order valence-corrected chi connectivity index (χ0v) is 12.8. The molecule has 1 aliphatic rings. The number of carbonyl (C=O) groups is 1. The number of para-hydroxylation sites is 1. The van der Waals surface area contributed by atoms with Crippen LogP contribution in [0.3, 0.4) is 0 Å². The molecule has 1 aromatic rings. The fraction of sp³-hybridized carbons (Fsp3) is 0.462. The molecule has 0 heterocycles. The zero-order chi connectivity index (χ0) is 14.6. The molecule has 1 unspecified atom stereocenters. The second kappa shape index (κ2) is 6.61. The third-order valence-electron chi connectivity index (χ3n) is 2.83. The molecule has 0 aliphatic heterocycles. The predicted octanol–water partition coefficient (Wildman–Crippen LogP) is 3.34. The van der Waals surface area contributed by atoms with Crippen LogP contribution in [0.15, 0.2) is 30.3 Å². The van der Waals surface area contributed by atoms with Crippen LogP contribution in [0.25, 0.3) is 0 Å². The first-order valence-electron chi connectivity index (χ1n) is 6.45. The van der Waals surface area contributed by atoms with Crippen molar-refractivity contribution in [3.05, 3.63) is 30.3 Å². The van der Waals surface area contributed by atoms with Gasteiger partial charge in [0.15, 0.2) is 0 Å². The van der Waals surface area contributed by atoms with Crippen LogP contribution < -0.4 is 9.61 Å². The lowest BCUT2D eigenvalue weighted by Gasteiger charge is -2.18. The summed E-state index contributed by atoms with van der Waals surface area (Å²) in [5, 5.41) is 2.47. The minimum Gasteiger partial charge on any atom is -0.464 e. The molecular formula is C13H17ClNO4P. The molecule has 0 bridgehead atoms. The maximum absolute atomic E-state index is 12.1. The van der Waals surface area contributed by atoms with Gasteiger partial charge < -0.3 is 9.26 Å². The van der Waals surface area contributed by atoms with Gasteiger partial charge in [0.25, 0.3) is 0 Å². The monoisotopic (exact) mass is 317 g/mol. The average Bonchev–Trinajstić information content (AvgIpc) is 3.19. The van der Waals surface area contributed by atoms with Crippen LogP contribution in [0.5, 0.6) is 5.75 Å². The number of ether oxygens (including phenoxy) is 1. The van der Waals surface area contributed by atoms with E-state index in [1.54, 1.807) is 37.3 Å². The summed E-state index contributed by atoms with van der Waals surface area (Å²) in [7, 11) is 0. The lowest BCUT2D eigenvalue weighted by molar-refractivity contribution is -0.145. The van der Waals surface area contributed by atoms with Crippen LogP contribution >= 0.6 is 18.1 Å². The molecule has 2 atom stereocenters. The van der Waals surface area contributed by atoms with Gasteiger partial charge in [-0.05, 0) is 37.8 Å². The van der Waals surface area contributed by atoms with Crippen molar-refractivity contribution in [2.45, 2.75) is 25.8 Å². The molecule has 20 heavy (non-hydrogen) atoms. The van der Waals surface area contributed by atoms with Crippen molar-refractivity contribution in [3.63, 3.8) is 0 Å². The molecule has 0 amide bonds. The fourth-order valence-electron chi connectivity index (χ4n) is 1.54. The van der Waals surface area contributed by atoms with Crippen molar-refractivity contribution in [1.29, 1.82) is 0 Å². The van der Waals surface area contributed by atoms with Crippen molar-refractivity contribution in [1.82, 2.24) is 5.09 Å². The second-order valence-corrected chi connectivity index (χ2v) is 7.54. The Morgan fingerprint density at radius 2 is 2.10 bits per heavy atom. The van der Waals surface area contributed by atoms with E-state index in [1.165, 1.54) is 0 Å². The maximum atomic E-state index is 12.1. The van der Waals surface area contributed by atoms with Crippen molar-refractivity contribution in [2.75, 3.05) is 6.61 Å². The Hall–Kier alpha value is -1.03. The minimum atomic E-state index is -3.63. The Kier molecular flexibility index (Phi) is 5.08. The van der Waals surface area contributed by atoms with Gasteiger partial charge in [-0.25, -0.2) is 9.65 Å². The molecule has 0 radical (unpaired) electrons. The summed E-state index contributed by atoms with van der Waals surface area (Å²) in [4.78, 5) is 11.7. The number of benzene rings is 1. The number of nitrogens with one attached hydrogen (secondary N) is 1. The number of esters is 1. The molecule has 2 rings (SSSR count). The number of hydrogen-bond donors (Lipinski definition) is 1. The van der Waals surface area contributed by atoms with Crippen LogP contribution in [-0.4, -0.2) is 18.6 Å². The van der Waals surface area contributed by atoms with E-state index < -0.39 is 18.9 Å². The Labute approximate surface area is 122 Å². The Morgan fingerprint density at radius 1 is 1.45 bits per heavy atom. The first-order chi connectivity index (χ1) is 9.46. The topological polar surface area (TPSA) is 64.6 Å². The minimum absolute atomic E-state index is 0.372. The van der Waals surface area contributed by atoms with E-state index in [0.717, 1.165) is 12.8 Å². The first-order valence-corrected chi connectivity index (χ1v) is 8.98. The van der Waals surface area contributed by atoms with E-state index in [9.17, 15) is 9.36 Å². The molecule has 5 nitrogen and oxygen atoms in total. The Balaban J connectivity index is 1.83. The maximum Gasteiger partial charge on any atom is 0.409 e. The van der Waals surface area contributed by atoms with Gasteiger partial charge in [-0.15, -0.1) is 0 Å². The van der Waals surface area contributed by atoms with E-state index in [-0.39, 0.29) is 0 Å². The van der Waals surface area contributed by atoms with E-state index in [4.69, 9.17) is 20.5 Å². The Bertz CT molecular complexity index is 506. The van der Waals surface area contributed by atoms with Crippen molar-refractivity contribution < 1.29 is 18.6 Å². The lowest BCUT2D eigenvalue weighted by atomic mass is 10.3. The van der Waals surface area contributed by atoms with Crippen LogP contribution in [0, 0.1) is 5.92 Å². The zero-order valence-electron chi connectivity index (χ0n) is 11.1. The third kappa shape index (κ3) is 5.16. The smallest absolute Gasteiger partial charge is 0.409 e. The average molecular weight is 318 g/mol. The quantitative estimate of drug-likeness (QED) is 0.617. The van der Waals surface area contributed by atoms with Crippen molar-refractivity contribution >= 4 is 24.1 Å². The molecule has 7 heteroatoms. The summed E-state index contributed by atoms with van der Waals surface area (Å²) in [6.07, 6.45) is 2.19. The molecule has 0 saturated heterocycles. The molecule has 1 N–H and O–H groups in total. The van der Waals surface area contributed by atoms with Gasteiger partial charge in [0.2, 0.25) is 0 Å². The summed E-state index contributed by atoms with van der Waals surface area (Å²) in [6.45, 7) is -1.68. The van der Waals surface area contributed by atoms with E-state index in [1.807, 2.05) is 0 Å². The summed E-state index contributed by atoms with van der Waals surface area (Å²) in [5.74, 6) is 0.376. The van der Waals surface area contributed by atoms with Gasteiger partial charge in [-0.2, -0.15) is 0 Å². The highest BCUT2D eigenvalue weighted by atomic mass is 35.7. The summed E-state index contributed by atoms with van der Waals surface area (Å²) in [5.41, 5.74) is 0. The number of carbonyl (C=O) groups excluding carboxylic acids is 1. The Morgan fingerprint density at radius 3 is 2.70 bits per heavy atom. The standard InChI is InChI=1S/C13H17ClNO4P/c1-10(13(16)18-9-11-7-8-11)15-20(14,17)19-12-5-3-2-4-6-12/h2-6,10-11H,7-9H2,1H3,(H,15,17)/t10-,20?/m0/s1. The summed E-state index contributed by atoms with van der Waals surface area (Å²) in [6, 6.07) is 7.75. The predicted molar refractivity (Wildman–Crippen MR) is 76.8 cm³/mol. The summed E-state index contributed by atoms with van der Waals surface area (Å²) < 4.78 is 22.3. The molecule has 1 aliphatic carbocycles. The first kappa shape index (κ1) is 15.4. The summed E-state index contributed by atoms with van der Waals surface area (Å²) >= 11 is 5.80. The largest absolute Gasteiger partial charge is 0.464 e. The highest BCUT2D eigenvalue weighted by Gasteiger charge is 2.29. The molecule has 1 saturated carbocycles. The van der Waals surface area contributed by atoms with Gasteiger partial charge in [0, 0.05) is 11.2 Å². The highest BCUT2D eigenvalue weighted by molar-refractivity contribution is 7.84. The fourth-order valence-corrected chi connectivity index (χ4v) is 3.23. The number of rotatable bonds is 7. The normalized spacial score (nSPS) is 18.9. The molecule has 0 aromatic heterocycles. The van der Waals surface area contributed by atoms with Gasteiger partial charge in [0.05, 0.1) is 6.61 Å². The van der Waals surface area contributed by atoms with Crippen LogP contribution in [-0.2, 0) is 14.1 Å². The van der Waals surface area contributed by atoms with Crippen LogP contribution in [0.1, 0.15) is 19.8 Å². The molecule has 1 fully saturated rings. The van der Waals surface area contributed by atoms with Gasteiger partial charge in [0.1, 0.15) is 11.8 Å². The van der Waals surface area contributed by atoms with E-state index in [2.05, 4.69) is 5.09 Å².